The Morgan fingerprint density at radius 1 is 0.853 bits per heavy atom. The van der Waals surface area contributed by atoms with Crippen LogP contribution in [0.3, 0.4) is 0 Å². The van der Waals surface area contributed by atoms with Crippen molar-refractivity contribution in [2.45, 2.75) is 51.0 Å². The molecular formula is C29H27FN2O2. The molecule has 3 aromatic rings. The van der Waals surface area contributed by atoms with E-state index in [1.807, 2.05) is 19.2 Å². The number of nitrogens with zero attached hydrogens (tertiary/aromatic N) is 2. The molecule has 0 saturated carbocycles. The van der Waals surface area contributed by atoms with E-state index in [0.29, 0.717) is 19.4 Å². The van der Waals surface area contributed by atoms with Gasteiger partial charge in [0.1, 0.15) is 5.82 Å². The van der Waals surface area contributed by atoms with Crippen molar-refractivity contribution >= 4 is 22.5 Å². The topological polar surface area (TPSA) is 42.3 Å². The van der Waals surface area contributed by atoms with Crippen LogP contribution in [0.4, 0.5) is 4.39 Å². The predicted octanol–water partition coefficient (Wildman–Crippen LogP) is 5.87. The maximum absolute atomic E-state index is 13.5. The number of para-hydroxylation sites is 1. The molecule has 2 aliphatic carbocycles. The summed E-state index contributed by atoms with van der Waals surface area (Å²) in [6.07, 6.45) is 6.64. The Balaban J connectivity index is 1.56. The summed E-state index contributed by atoms with van der Waals surface area (Å²) in [7, 11) is 2.02. The van der Waals surface area contributed by atoms with E-state index < -0.39 is 0 Å². The van der Waals surface area contributed by atoms with Crippen molar-refractivity contribution in [1.82, 2.24) is 9.47 Å². The first-order valence-electron chi connectivity index (χ1n) is 12.1. The van der Waals surface area contributed by atoms with Crippen molar-refractivity contribution < 1.29 is 14.0 Å². The lowest BCUT2D eigenvalue weighted by molar-refractivity contribution is -0.117. The van der Waals surface area contributed by atoms with E-state index in [0.717, 1.165) is 70.3 Å². The largest absolute Gasteiger partial charge is 0.351 e. The molecule has 0 saturated heterocycles. The van der Waals surface area contributed by atoms with Crippen LogP contribution in [0.15, 0.2) is 77.3 Å². The molecule has 6 rings (SSSR count). The third-order valence-corrected chi connectivity index (χ3v) is 7.64. The number of aromatic nitrogens is 1. The maximum atomic E-state index is 13.5. The van der Waals surface area contributed by atoms with Crippen LogP contribution in [0.2, 0.25) is 0 Å². The highest BCUT2D eigenvalue weighted by atomic mass is 19.1. The van der Waals surface area contributed by atoms with Crippen LogP contribution in [0.25, 0.3) is 10.9 Å². The number of fused-ring (bicyclic) bond motifs is 1. The highest BCUT2D eigenvalue weighted by Crippen LogP contribution is 2.50. The monoisotopic (exact) mass is 454 g/mol. The lowest BCUT2D eigenvalue weighted by Crippen LogP contribution is -2.37. The van der Waals surface area contributed by atoms with Crippen molar-refractivity contribution in [2.75, 3.05) is 7.05 Å². The number of halogens is 1. The zero-order chi connectivity index (χ0) is 23.4. The molecule has 0 radical (unpaired) electrons. The maximum Gasteiger partial charge on any atom is 0.161 e. The lowest BCUT2D eigenvalue weighted by atomic mass is 9.71. The summed E-state index contributed by atoms with van der Waals surface area (Å²) >= 11 is 0. The zero-order valence-corrected chi connectivity index (χ0v) is 19.3. The Labute approximate surface area is 198 Å². The molecule has 2 heterocycles. The summed E-state index contributed by atoms with van der Waals surface area (Å²) < 4.78 is 15.6. The van der Waals surface area contributed by atoms with Crippen molar-refractivity contribution in [2.24, 2.45) is 0 Å². The van der Waals surface area contributed by atoms with Crippen LogP contribution in [-0.2, 0) is 16.1 Å². The Kier molecular flexibility index (Phi) is 5.01. The summed E-state index contributed by atoms with van der Waals surface area (Å²) in [4.78, 5) is 28.8. The predicted molar refractivity (Wildman–Crippen MR) is 130 cm³/mol. The van der Waals surface area contributed by atoms with Crippen LogP contribution in [-0.4, -0.2) is 28.1 Å². The number of ketones is 2. The number of benzene rings is 2. The molecule has 5 heteroatoms. The van der Waals surface area contributed by atoms with E-state index in [4.69, 9.17) is 0 Å². The number of rotatable bonds is 3. The molecule has 0 bridgehead atoms. The molecule has 4 nitrogen and oxygen atoms in total. The average Bonchev–Trinajstić information content (AvgIpc) is 3.20. The van der Waals surface area contributed by atoms with E-state index in [1.165, 1.54) is 12.1 Å². The Morgan fingerprint density at radius 2 is 1.47 bits per heavy atom. The van der Waals surface area contributed by atoms with Gasteiger partial charge in [-0.15, -0.1) is 0 Å². The quantitative estimate of drug-likeness (QED) is 0.497. The van der Waals surface area contributed by atoms with Crippen molar-refractivity contribution in [1.29, 1.82) is 0 Å². The number of carbonyl (C=O) groups excluding carboxylic acids is 2. The Hall–Kier alpha value is -3.47. The second-order valence-corrected chi connectivity index (χ2v) is 9.62. The van der Waals surface area contributed by atoms with Gasteiger partial charge in [0.05, 0.1) is 0 Å². The van der Waals surface area contributed by atoms with E-state index in [1.54, 1.807) is 12.1 Å². The molecule has 34 heavy (non-hydrogen) atoms. The summed E-state index contributed by atoms with van der Waals surface area (Å²) in [5, 5.41) is 1.06. The fourth-order valence-electron chi connectivity index (χ4n) is 6.09. The minimum Gasteiger partial charge on any atom is -0.351 e. The van der Waals surface area contributed by atoms with Crippen molar-refractivity contribution in [3.63, 3.8) is 0 Å². The van der Waals surface area contributed by atoms with Crippen LogP contribution < -0.4 is 0 Å². The highest BCUT2D eigenvalue weighted by Gasteiger charge is 2.43. The fourth-order valence-corrected chi connectivity index (χ4v) is 6.09. The third-order valence-electron chi connectivity index (χ3n) is 7.64. The molecule has 0 amide bonds. The average molecular weight is 455 g/mol. The fraction of sp³-hybridized carbons (Fsp3) is 0.310. The normalized spacial score (nSPS) is 19.2. The van der Waals surface area contributed by atoms with Gasteiger partial charge in [-0.1, -0.05) is 30.3 Å². The first kappa shape index (κ1) is 21.1. The molecule has 1 aromatic heterocycles. The van der Waals surface area contributed by atoms with Gasteiger partial charge in [0, 0.05) is 72.0 Å². The van der Waals surface area contributed by atoms with Crippen LogP contribution >= 0.6 is 0 Å². The third kappa shape index (κ3) is 3.25. The number of hydrogen-bond donors (Lipinski definition) is 0. The number of carbonyl (C=O) groups is 2. The first-order valence-corrected chi connectivity index (χ1v) is 12.1. The molecule has 1 aliphatic heterocycles. The molecule has 172 valence electrons. The van der Waals surface area contributed by atoms with Crippen molar-refractivity contribution in [3.8, 4) is 0 Å². The van der Waals surface area contributed by atoms with Gasteiger partial charge in [0.25, 0.3) is 0 Å². The first-order chi connectivity index (χ1) is 16.5. The summed E-state index contributed by atoms with van der Waals surface area (Å²) in [5.41, 5.74) is 6.88. The number of Topliss-reactive ketones (excluding diaryl/α,β-unsaturated/α-hetero) is 2. The molecule has 0 fully saturated rings. The van der Waals surface area contributed by atoms with Gasteiger partial charge < -0.3 is 9.47 Å². The number of hydrogen-bond acceptors (Lipinski definition) is 3. The minimum atomic E-state index is -0.318. The van der Waals surface area contributed by atoms with Gasteiger partial charge in [-0.3, -0.25) is 9.59 Å². The Bertz CT molecular complexity index is 1350. The summed E-state index contributed by atoms with van der Waals surface area (Å²) in [6, 6.07) is 14.8. The van der Waals surface area contributed by atoms with Crippen LogP contribution in [0, 0.1) is 5.82 Å². The molecule has 0 unspecified atom stereocenters. The van der Waals surface area contributed by atoms with Gasteiger partial charge in [-0.05, 0) is 55.0 Å². The SMILES string of the molecule is CN1C2=C(C(=O)CCC2)C(c2cn(Cc3ccc(F)cc3)c3ccccc23)C2=C1CCCC2=O. The van der Waals surface area contributed by atoms with Crippen LogP contribution in [0.1, 0.15) is 55.6 Å². The minimum absolute atomic E-state index is 0.165. The second kappa shape index (κ2) is 8.08. The molecule has 0 atom stereocenters. The van der Waals surface area contributed by atoms with E-state index in [2.05, 4.69) is 27.8 Å². The van der Waals surface area contributed by atoms with Gasteiger partial charge >= 0.3 is 0 Å². The second-order valence-electron chi connectivity index (χ2n) is 9.62. The van der Waals surface area contributed by atoms with E-state index in [9.17, 15) is 14.0 Å². The van der Waals surface area contributed by atoms with Crippen LogP contribution in [0.5, 0.6) is 0 Å². The van der Waals surface area contributed by atoms with Gasteiger partial charge in [0.15, 0.2) is 11.6 Å². The van der Waals surface area contributed by atoms with Gasteiger partial charge in [-0.25, -0.2) is 4.39 Å². The lowest BCUT2D eigenvalue weighted by Gasteiger charge is -2.42. The van der Waals surface area contributed by atoms with E-state index in [-0.39, 0.29) is 23.3 Å². The van der Waals surface area contributed by atoms with Gasteiger partial charge in [0.2, 0.25) is 0 Å². The molecule has 2 aromatic carbocycles. The molecule has 3 aliphatic rings. The van der Waals surface area contributed by atoms with Gasteiger partial charge in [-0.2, -0.15) is 0 Å². The summed E-state index contributed by atoms with van der Waals surface area (Å²) in [6.45, 7) is 0.590. The smallest absolute Gasteiger partial charge is 0.161 e. The highest BCUT2D eigenvalue weighted by molar-refractivity contribution is 6.07. The Morgan fingerprint density at radius 3 is 2.12 bits per heavy atom. The molecular weight excluding hydrogens is 427 g/mol. The van der Waals surface area contributed by atoms with E-state index >= 15 is 0 Å². The zero-order valence-electron chi connectivity index (χ0n) is 19.3. The molecule has 0 spiro atoms. The number of allylic oxidation sites excluding steroid dienone is 4. The summed E-state index contributed by atoms with van der Waals surface area (Å²) in [5.74, 6) is -0.239. The van der Waals surface area contributed by atoms with Crippen molar-refractivity contribution in [3.05, 3.63) is 94.2 Å². The standard InChI is InChI=1S/C29H27FN2O2/c1-31-23-8-4-10-25(33)28(23)27(29-24(31)9-5-11-26(29)34)21-17-32(22-7-3-2-6-20(21)22)16-18-12-14-19(30)15-13-18/h2-3,6-7,12-15,17,27H,4-5,8-11,16H2,1H3. The molecule has 0 N–H and O–H groups in total.